The van der Waals surface area contributed by atoms with E-state index in [0.29, 0.717) is 31.5 Å². The van der Waals surface area contributed by atoms with Crippen LogP contribution in [0, 0.1) is 0 Å². The molecule has 188 valence electrons. The van der Waals surface area contributed by atoms with Crippen molar-refractivity contribution >= 4 is 20.7 Å². The summed E-state index contributed by atoms with van der Waals surface area (Å²) in [5.41, 5.74) is 2.74. The fourth-order valence-electron chi connectivity index (χ4n) is 3.52. The van der Waals surface area contributed by atoms with E-state index in [4.69, 9.17) is 9.47 Å². The van der Waals surface area contributed by atoms with E-state index in [1.54, 1.807) is 12.4 Å². The lowest BCUT2D eigenvalue weighted by molar-refractivity contribution is 0.262. The molecule has 8 nitrogen and oxygen atoms in total. The Bertz CT molecular complexity index is 1380. The molecule has 0 saturated carbocycles. The minimum atomic E-state index is -2.95. The zero-order valence-corrected chi connectivity index (χ0v) is 21.3. The fourth-order valence-corrected chi connectivity index (χ4v) is 4.16. The largest absolute Gasteiger partial charge is 0.489 e. The molecule has 0 bridgehead atoms. The molecule has 0 spiro atoms. The van der Waals surface area contributed by atoms with Gasteiger partial charge in [0.1, 0.15) is 22.2 Å². The monoisotopic (exact) mass is 506 g/mol. The van der Waals surface area contributed by atoms with Crippen LogP contribution in [0.15, 0.2) is 73.1 Å². The molecule has 0 saturated heterocycles. The van der Waals surface area contributed by atoms with E-state index in [9.17, 15) is 8.42 Å². The topological polar surface area (TPSA) is 94.5 Å². The molecule has 36 heavy (non-hydrogen) atoms. The summed E-state index contributed by atoms with van der Waals surface area (Å²) in [6, 6.07) is 19.6. The number of sulfone groups is 1. The molecule has 4 aromatic rings. The van der Waals surface area contributed by atoms with Gasteiger partial charge in [-0.2, -0.15) is 0 Å². The fraction of sp³-hybridized carbons (Fsp3) is 0.296. The predicted octanol–water partition coefficient (Wildman–Crippen LogP) is 4.02. The quantitative estimate of drug-likeness (QED) is 0.266. The Morgan fingerprint density at radius 1 is 0.917 bits per heavy atom. The Labute approximate surface area is 211 Å². The van der Waals surface area contributed by atoms with Crippen molar-refractivity contribution in [3.8, 4) is 23.0 Å². The molecule has 9 heteroatoms. The van der Waals surface area contributed by atoms with E-state index in [1.807, 2.05) is 72.6 Å². The van der Waals surface area contributed by atoms with Crippen molar-refractivity contribution in [2.75, 3.05) is 38.8 Å². The van der Waals surface area contributed by atoms with E-state index in [-0.39, 0.29) is 5.75 Å². The average Bonchev–Trinajstić information content (AvgIpc) is 2.89. The van der Waals surface area contributed by atoms with Crippen LogP contribution in [0.2, 0.25) is 0 Å². The lowest BCUT2D eigenvalue weighted by Gasteiger charge is -2.15. The van der Waals surface area contributed by atoms with Crippen molar-refractivity contribution < 1.29 is 17.9 Å². The van der Waals surface area contributed by atoms with Crippen molar-refractivity contribution in [3.05, 3.63) is 78.6 Å². The van der Waals surface area contributed by atoms with Crippen molar-refractivity contribution in [2.45, 2.75) is 13.0 Å². The first-order valence-electron chi connectivity index (χ1n) is 11.7. The van der Waals surface area contributed by atoms with Gasteiger partial charge in [0, 0.05) is 42.6 Å². The van der Waals surface area contributed by atoms with Crippen LogP contribution in [-0.4, -0.2) is 67.0 Å². The summed E-state index contributed by atoms with van der Waals surface area (Å²) in [5, 5.41) is 0.844. The average molecular weight is 507 g/mol. The second-order valence-corrected chi connectivity index (χ2v) is 11.0. The second-order valence-electron chi connectivity index (χ2n) is 8.71. The van der Waals surface area contributed by atoms with Crippen LogP contribution in [0.3, 0.4) is 0 Å². The summed E-state index contributed by atoms with van der Waals surface area (Å²) < 4.78 is 34.2. The molecule has 0 aliphatic rings. The zero-order chi connectivity index (χ0) is 25.4. The SMILES string of the molecule is CN(CCCOc1cc2cnc(-c3ccc(OCc4ccccc4)cc3)nc2cn1)CCS(C)(=O)=O. The molecule has 4 rings (SSSR count). The van der Waals surface area contributed by atoms with E-state index < -0.39 is 9.84 Å². The first kappa shape index (κ1) is 25.5. The van der Waals surface area contributed by atoms with Gasteiger partial charge in [-0.3, -0.25) is 0 Å². The maximum absolute atomic E-state index is 11.3. The van der Waals surface area contributed by atoms with Gasteiger partial charge in [0.25, 0.3) is 0 Å². The third-order valence-corrected chi connectivity index (χ3v) is 6.50. The van der Waals surface area contributed by atoms with Gasteiger partial charge >= 0.3 is 0 Å². The molecule has 0 amide bonds. The summed E-state index contributed by atoms with van der Waals surface area (Å²) in [4.78, 5) is 15.5. The molecule has 0 atom stereocenters. The van der Waals surface area contributed by atoms with Gasteiger partial charge in [0.2, 0.25) is 5.88 Å². The molecule has 0 unspecified atom stereocenters. The molecule has 0 fully saturated rings. The van der Waals surface area contributed by atoms with E-state index >= 15 is 0 Å². The second kappa shape index (κ2) is 11.9. The third-order valence-electron chi connectivity index (χ3n) is 5.58. The number of pyridine rings is 1. The Kier molecular flexibility index (Phi) is 8.45. The van der Waals surface area contributed by atoms with Crippen LogP contribution in [0.1, 0.15) is 12.0 Å². The van der Waals surface area contributed by atoms with Crippen molar-refractivity contribution in [1.29, 1.82) is 0 Å². The Morgan fingerprint density at radius 2 is 1.69 bits per heavy atom. The smallest absolute Gasteiger partial charge is 0.213 e. The summed E-state index contributed by atoms with van der Waals surface area (Å²) in [5.74, 6) is 2.07. The molecule has 0 aliphatic heterocycles. The molecule has 2 aromatic heterocycles. The number of fused-ring (bicyclic) bond motifs is 1. The highest BCUT2D eigenvalue weighted by Gasteiger charge is 2.08. The molecular weight excluding hydrogens is 476 g/mol. The van der Waals surface area contributed by atoms with E-state index in [2.05, 4.69) is 15.0 Å². The number of nitrogens with zero attached hydrogens (tertiary/aromatic N) is 4. The zero-order valence-electron chi connectivity index (χ0n) is 20.5. The van der Waals surface area contributed by atoms with E-state index in [1.165, 1.54) is 6.26 Å². The molecular formula is C27H30N4O4S. The van der Waals surface area contributed by atoms with Gasteiger partial charge in [-0.05, 0) is 43.3 Å². The van der Waals surface area contributed by atoms with Crippen molar-refractivity contribution in [3.63, 3.8) is 0 Å². The molecule has 0 radical (unpaired) electrons. The number of benzene rings is 2. The van der Waals surface area contributed by atoms with Crippen LogP contribution in [-0.2, 0) is 16.4 Å². The van der Waals surface area contributed by atoms with Gasteiger partial charge < -0.3 is 14.4 Å². The Morgan fingerprint density at radius 3 is 2.44 bits per heavy atom. The molecule has 2 aromatic carbocycles. The summed E-state index contributed by atoms with van der Waals surface area (Å²) >= 11 is 0. The third kappa shape index (κ3) is 7.73. The first-order chi connectivity index (χ1) is 17.4. The summed E-state index contributed by atoms with van der Waals surface area (Å²) in [6.45, 7) is 2.25. The number of aromatic nitrogens is 3. The molecule has 0 aliphatic carbocycles. The minimum absolute atomic E-state index is 0.157. The van der Waals surface area contributed by atoms with Gasteiger partial charge in [-0.15, -0.1) is 0 Å². The van der Waals surface area contributed by atoms with Crippen LogP contribution in [0.25, 0.3) is 22.3 Å². The van der Waals surface area contributed by atoms with Gasteiger partial charge in [0.05, 0.1) is 24.1 Å². The van der Waals surface area contributed by atoms with E-state index in [0.717, 1.165) is 40.7 Å². The van der Waals surface area contributed by atoms with Crippen LogP contribution < -0.4 is 9.47 Å². The summed E-state index contributed by atoms with van der Waals surface area (Å²) in [7, 11) is -1.05. The molecule has 2 heterocycles. The van der Waals surface area contributed by atoms with Gasteiger partial charge in [-0.25, -0.2) is 23.4 Å². The maximum atomic E-state index is 11.3. The van der Waals surface area contributed by atoms with Crippen LogP contribution >= 0.6 is 0 Å². The lowest BCUT2D eigenvalue weighted by Crippen LogP contribution is -2.27. The first-order valence-corrected chi connectivity index (χ1v) is 13.8. The number of hydrogen-bond donors (Lipinski definition) is 0. The lowest BCUT2D eigenvalue weighted by atomic mass is 10.2. The van der Waals surface area contributed by atoms with Gasteiger partial charge in [-0.1, -0.05) is 30.3 Å². The number of rotatable bonds is 12. The normalized spacial score (nSPS) is 11.6. The molecule has 0 N–H and O–H groups in total. The Hall–Kier alpha value is -3.56. The maximum Gasteiger partial charge on any atom is 0.213 e. The van der Waals surface area contributed by atoms with Crippen LogP contribution in [0.5, 0.6) is 11.6 Å². The predicted molar refractivity (Wildman–Crippen MR) is 141 cm³/mol. The van der Waals surface area contributed by atoms with Gasteiger partial charge in [0.15, 0.2) is 5.82 Å². The number of ether oxygens (including phenoxy) is 2. The van der Waals surface area contributed by atoms with Crippen molar-refractivity contribution in [2.24, 2.45) is 0 Å². The highest BCUT2D eigenvalue weighted by atomic mass is 32.2. The number of hydrogen-bond acceptors (Lipinski definition) is 8. The minimum Gasteiger partial charge on any atom is -0.489 e. The van der Waals surface area contributed by atoms with Crippen molar-refractivity contribution in [1.82, 2.24) is 19.9 Å². The Balaban J connectivity index is 1.30. The van der Waals surface area contributed by atoms with Crippen LogP contribution in [0.4, 0.5) is 0 Å². The highest BCUT2D eigenvalue weighted by Crippen LogP contribution is 2.23. The highest BCUT2D eigenvalue weighted by molar-refractivity contribution is 7.90. The standard InChI is InChI=1S/C27H30N4O4S/c1-31(14-16-36(2,32)33)13-6-15-34-26-17-23-18-29-27(30-25(23)19-28-26)22-9-11-24(12-10-22)35-20-21-7-4-3-5-8-21/h3-5,7-12,17-19H,6,13-16,20H2,1-2H3. The summed E-state index contributed by atoms with van der Waals surface area (Å²) in [6.07, 6.45) is 5.47.